The molecule has 1 saturated heterocycles. The molecule has 2 heterocycles. The standard InChI is InChI=1S/C13H20N2O5S/c1-8-4-10(5-9(2)19-8)20-13(16)12-6-11(7-15(12)3)21(14,17)18/h6-10H,4-5H2,1-3H3,(H2,14,17,18). The van der Waals surface area contributed by atoms with E-state index >= 15 is 0 Å². The van der Waals surface area contributed by atoms with Gasteiger partial charge in [0.1, 0.15) is 16.7 Å². The molecule has 2 N–H and O–H groups in total. The molecule has 1 fully saturated rings. The van der Waals surface area contributed by atoms with Crippen molar-refractivity contribution in [1.82, 2.24) is 4.57 Å². The molecule has 2 atom stereocenters. The number of carbonyl (C=O) groups excluding carboxylic acids is 1. The predicted molar refractivity (Wildman–Crippen MR) is 75.2 cm³/mol. The van der Waals surface area contributed by atoms with Crippen LogP contribution < -0.4 is 5.14 Å². The van der Waals surface area contributed by atoms with E-state index in [-0.39, 0.29) is 28.9 Å². The molecule has 118 valence electrons. The van der Waals surface area contributed by atoms with Crippen molar-refractivity contribution in [2.45, 2.75) is 49.9 Å². The van der Waals surface area contributed by atoms with Gasteiger partial charge < -0.3 is 14.0 Å². The number of nitrogens with zero attached hydrogens (tertiary/aromatic N) is 1. The summed E-state index contributed by atoms with van der Waals surface area (Å²) in [4.78, 5) is 12.1. The SMILES string of the molecule is CC1CC(OC(=O)c2cc(S(N)(=O)=O)cn2C)CC(C)O1. The zero-order chi connectivity index (χ0) is 15.8. The van der Waals surface area contributed by atoms with E-state index in [1.54, 1.807) is 7.05 Å². The van der Waals surface area contributed by atoms with Gasteiger partial charge in [0.2, 0.25) is 10.0 Å². The molecule has 7 nitrogen and oxygen atoms in total. The molecule has 1 aliphatic heterocycles. The van der Waals surface area contributed by atoms with E-state index < -0.39 is 16.0 Å². The smallest absolute Gasteiger partial charge is 0.355 e. The van der Waals surface area contributed by atoms with Crippen molar-refractivity contribution in [2.75, 3.05) is 0 Å². The molecule has 0 amide bonds. The Bertz CT molecular complexity index is 627. The van der Waals surface area contributed by atoms with Crippen molar-refractivity contribution in [1.29, 1.82) is 0 Å². The highest BCUT2D eigenvalue weighted by Gasteiger charge is 2.28. The van der Waals surface area contributed by atoms with Crippen molar-refractivity contribution in [2.24, 2.45) is 12.2 Å². The van der Waals surface area contributed by atoms with Crippen LogP contribution in [0.4, 0.5) is 0 Å². The molecule has 0 spiro atoms. The van der Waals surface area contributed by atoms with Gasteiger partial charge in [0.25, 0.3) is 0 Å². The van der Waals surface area contributed by atoms with Crippen LogP contribution >= 0.6 is 0 Å². The molecule has 1 aromatic heterocycles. The maximum atomic E-state index is 12.2. The summed E-state index contributed by atoms with van der Waals surface area (Å²) >= 11 is 0. The summed E-state index contributed by atoms with van der Waals surface area (Å²) in [7, 11) is -2.27. The normalized spacial score (nSPS) is 26.6. The average Bonchev–Trinajstić information content (AvgIpc) is 2.69. The lowest BCUT2D eigenvalue weighted by Crippen LogP contribution is -2.35. The van der Waals surface area contributed by atoms with Gasteiger partial charge in [0.15, 0.2) is 0 Å². The minimum Gasteiger partial charge on any atom is -0.458 e. The van der Waals surface area contributed by atoms with Gasteiger partial charge in [-0.1, -0.05) is 0 Å². The molecular weight excluding hydrogens is 296 g/mol. The molecule has 1 aromatic rings. The number of primary sulfonamides is 1. The fraction of sp³-hybridized carbons (Fsp3) is 0.615. The Balaban J connectivity index is 2.12. The first-order valence-corrected chi connectivity index (χ1v) is 8.27. The van der Waals surface area contributed by atoms with Gasteiger partial charge in [-0.15, -0.1) is 0 Å². The lowest BCUT2D eigenvalue weighted by Gasteiger charge is -2.31. The van der Waals surface area contributed by atoms with Crippen LogP contribution in [-0.2, 0) is 26.5 Å². The summed E-state index contributed by atoms with van der Waals surface area (Å²) in [5.41, 5.74) is 0.158. The summed E-state index contributed by atoms with van der Waals surface area (Å²) in [5, 5.41) is 5.05. The van der Waals surface area contributed by atoms with Crippen molar-refractivity contribution in [3.63, 3.8) is 0 Å². The number of esters is 1. The van der Waals surface area contributed by atoms with Gasteiger partial charge in [0.05, 0.1) is 12.2 Å². The number of aryl methyl sites for hydroxylation is 1. The third-order valence-corrected chi connectivity index (χ3v) is 4.33. The Labute approximate surface area is 124 Å². The van der Waals surface area contributed by atoms with Gasteiger partial charge >= 0.3 is 5.97 Å². The van der Waals surface area contributed by atoms with Crippen LogP contribution in [0.25, 0.3) is 0 Å². The maximum Gasteiger partial charge on any atom is 0.355 e. The van der Waals surface area contributed by atoms with Crippen molar-refractivity contribution < 1.29 is 22.7 Å². The number of rotatable bonds is 3. The van der Waals surface area contributed by atoms with Crippen LogP contribution in [0.15, 0.2) is 17.2 Å². The summed E-state index contributed by atoms with van der Waals surface area (Å²) in [6.45, 7) is 3.86. The van der Waals surface area contributed by atoms with Crippen LogP contribution in [0.1, 0.15) is 37.2 Å². The highest BCUT2D eigenvalue weighted by molar-refractivity contribution is 7.89. The van der Waals surface area contributed by atoms with Gasteiger partial charge in [-0.2, -0.15) is 0 Å². The zero-order valence-electron chi connectivity index (χ0n) is 12.3. The topological polar surface area (TPSA) is 101 Å². The molecule has 0 aliphatic carbocycles. The van der Waals surface area contributed by atoms with Crippen LogP contribution in [0.2, 0.25) is 0 Å². The van der Waals surface area contributed by atoms with Crippen LogP contribution in [0.3, 0.4) is 0 Å². The first kappa shape index (κ1) is 16.0. The molecule has 1 aliphatic rings. The number of nitrogens with two attached hydrogens (primary N) is 1. The molecule has 21 heavy (non-hydrogen) atoms. The lowest BCUT2D eigenvalue weighted by molar-refractivity contribution is -0.0857. The molecule has 2 unspecified atom stereocenters. The molecule has 0 aromatic carbocycles. The van der Waals surface area contributed by atoms with Crippen LogP contribution in [0, 0.1) is 0 Å². The quantitative estimate of drug-likeness (QED) is 0.831. The van der Waals surface area contributed by atoms with E-state index in [4.69, 9.17) is 14.6 Å². The average molecular weight is 316 g/mol. The minimum absolute atomic E-state index is 0.0277. The Kier molecular flexibility index (Phi) is 4.40. The van der Waals surface area contributed by atoms with Gasteiger partial charge in [0, 0.05) is 26.1 Å². The summed E-state index contributed by atoms with van der Waals surface area (Å²) in [6.07, 6.45) is 2.37. The minimum atomic E-state index is -3.84. The van der Waals surface area contributed by atoms with E-state index in [9.17, 15) is 13.2 Å². The van der Waals surface area contributed by atoms with E-state index in [1.165, 1.54) is 16.8 Å². The highest BCUT2D eigenvalue weighted by atomic mass is 32.2. The van der Waals surface area contributed by atoms with E-state index in [0.717, 1.165) is 0 Å². The largest absolute Gasteiger partial charge is 0.458 e. The Hall–Kier alpha value is -1.38. The van der Waals surface area contributed by atoms with Gasteiger partial charge in [-0.25, -0.2) is 18.4 Å². The molecule has 0 radical (unpaired) electrons. The molecule has 8 heteroatoms. The van der Waals surface area contributed by atoms with E-state index in [2.05, 4.69) is 0 Å². The van der Waals surface area contributed by atoms with Gasteiger partial charge in [-0.3, -0.25) is 0 Å². The predicted octanol–water partition coefficient (Wildman–Crippen LogP) is 0.785. The third kappa shape index (κ3) is 3.84. The van der Waals surface area contributed by atoms with E-state index in [1.807, 2.05) is 13.8 Å². The number of hydrogen-bond donors (Lipinski definition) is 1. The van der Waals surface area contributed by atoms with Crippen molar-refractivity contribution in [3.05, 3.63) is 18.0 Å². The monoisotopic (exact) mass is 316 g/mol. The first-order chi connectivity index (χ1) is 9.66. The number of sulfonamides is 1. The van der Waals surface area contributed by atoms with Crippen LogP contribution in [-0.4, -0.2) is 37.3 Å². The molecule has 0 bridgehead atoms. The molecular formula is C13H20N2O5S. The second-order valence-electron chi connectivity index (χ2n) is 5.47. The highest BCUT2D eigenvalue weighted by Crippen LogP contribution is 2.23. The molecule has 2 rings (SSSR count). The number of hydrogen-bond acceptors (Lipinski definition) is 5. The number of aromatic nitrogens is 1. The number of carbonyl (C=O) groups is 1. The van der Waals surface area contributed by atoms with Gasteiger partial charge in [-0.05, 0) is 19.9 Å². The third-order valence-electron chi connectivity index (χ3n) is 3.45. The fourth-order valence-electron chi connectivity index (χ4n) is 2.55. The fourth-order valence-corrected chi connectivity index (χ4v) is 3.13. The Morgan fingerprint density at radius 3 is 2.43 bits per heavy atom. The maximum absolute atomic E-state index is 12.2. The second kappa shape index (κ2) is 5.78. The van der Waals surface area contributed by atoms with Crippen LogP contribution in [0.5, 0.6) is 0 Å². The summed E-state index contributed by atoms with van der Waals surface area (Å²) in [5.74, 6) is -0.557. The lowest BCUT2D eigenvalue weighted by atomic mass is 10.0. The zero-order valence-corrected chi connectivity index (χ0v) is 13.1. The van der Waals surface area contributed by atoms with E-state index in [0.29, 0.717) is 12.8 Å². The van der Waals surface area contributed by atoms with Crippen molar-refractivity contribution in [3.8, 4) is 0 Å². The summed E-state index contributed by atoms with van der Waals surface area (Å²) in [6, 6.07) is 1.23. The first-order valence-electron chi connectivity index (χ1n) is 6.72. The van der Waals surface area contributed by atoms with Crippen molar-refractivity contribution >= 4 is 16.0 Å². The Morgan fingerprint density at radius 1 is 1.38 bits per heavy atom. The summed E-state index contributed by atoms with van der Waals surface area (Å²) < 4.78 is 35.0. The second-order valence-corrected chi connectivity index (χ2v) is 7.03. The molecule has 0 saturated carbocycles. The number of ether oxygens (including phenoxy) is 2. The Morgan fingerprint density at radius 2 is 1.95 bits per heavy atom.